The van der Waals surface area contributed by atoms with Gasteiger partial charge in [0.05, 0.1) is 36.4 Å². The van der Waals surface area contributed by atoms with Crippen molar-refractivity contribution in [3.8, 4) is 5.88 Å². The quantitative estimate of drug-likeness (QED) is 0.554. The van der Waals surface area contributed by atoms with Crippen LogP contribution in [0.2, 0.25) is 0 Å². The third-order valence-corrected chi connectivity index (χ3v) is 7.77. The Morgan fingerprint density at radius 3 is 2.71 bits per heavy atom. The minimum atomic E-state index is -3.06. The molecule has 0 saturated heterocycles. The molecule has 1 saturated carbocycles. The zero-order valence-electron chi connectivity index (χ0n) is 19.8. The summed E-state index contributed by atoms with van der Waals surface area (Å²) in [7, 11) is -3.06. The normalized spacial score (nSPS) is 17.7. The Labute approximate surface area is 204 Å². The molecule has 3 aromatic rings. The molecular weight excluding hydrogens is 464 g/mol. The topological polar surface area (TPSA) is 109 Å². The second-order valence-electron chi connectivity index (χ2n) is 9.82. The Hall–Kier alpha value is -3.40. The molecule has 0 atom stereocenters. The molecule has 2 aromatic heterocycles. The minimum Gasteiger partial charge on any atom is -0.468 e. The van der Waals surface area contributed by atoms with Crippen LogP contribution >= 0.6 is 0 Å². The summed E-state index contributed by atoms with van der Waals surface area (Å²) in [4.78, 5) is 16.2. The highest BCUT2D eigenvalue weighted by Gasteiger charge is 2.48. The number of benzene rings is 1. The zero-order valence-corrected chi connectivity index (χ0v) is 20.7. The maximum atomic E-state index is 11.5. The molecule has 3 aliphatic rings. The maximum absolute atomic E-state index is 11.5. The molecule has 2 N–H and O–H groups in total. The number of ether oxygens (including phenoxy) is 1. The van der Waals surface area contributed by atoms with Crippen LogP contribution in [0.25, 0.3) is 0 Å². The number of hydrogen-bond acceptors (Lipinski definition) is 9. The van der Waals surface area contributed by atoms with Gasteiger partial charge in [-0.15, -0.1) is 0 Å². The van der Waals surface area contributed by atoms with Gasteiger partial charge in [-0.25, -0.2) is 23.4 Å². The van der Waals surface area contributed by atoms with Crippen LogP contribution in [0.3, 0.4) is 0 Å². The van der Waals surface area contributed by atoms with Gasteiger partial charge in [-0.1, -0.05) is 12.1 Å². The lowest BCUT2D eigenvalue weighted by Gasteiger charge is -2.33. The molecule has 0 amide bonds. The number of anilines is 4. The highest BCUT2D eigenvalue weighted by Crippen LogP contribution is 2.47. The van der Waals surface area contributed by atoms with E-state index in [2.05, 4.69) is 32.4 Å². The number of sulfone groups is 1. The van der Waals surface area contributed by atoms with Crippen molar-refractivity contribution >= 4 is 32.8 Å². The van der Waals surface area contributed by atoms with Crippen LogP contribution in [0, 0.1) is 6.92 Å². The van der Waals surface area contributed by atoms with E-state index in [1.54, 1.807) is 12.1 Å². The summed E-state index contributed by atoms with van der Waals surface area (Å²) in [6.07, 6.45) is 8.08. The molecule has 0 unspecified atom stereocenters. The predicted molar refractivity (Wildman–Crippen MR) is 135 cm³/mol. The first-order chi connectivity index (χ1) is 16.8. The van der Waals surface area contributed by atoms with Gasteiger partial charge < -0.3 is 20.3 Å². The van der Waals surface area contributed by atoms with Gasteiger partial charge in [0.25, 0.3) is 0 Å². The van der Waals surface area contributed by atoms with Crippen LogP contribution in [0.5, 0.6) is 5.88 Å². The minimum absolute atomic E-state index is 0.0257. The Morgan fingerprint density at radius 2 is 1.97 bits per heavy atom. The van der Waals surface area contributed by atoms with Crippen molar-refractivity contribution in [3.63, 3.8) is 0 Å². The van der Waals surface area contributed by atoms with E-state index in [0.717, 1.165) is 71.8 Å². The Bertz CT molecular complexity index is 1400. The highest BCUT2D eigenvalue weighted by molar-refractivity contribution is 7.89. The number of nitrogens with one attached hydrogen (secondary N) is 2. The fourth-order valence-electron chi connectivity index (χ4n) is 4.77. The summed E-state index contributed by atoms with van der Waals surface area (Å²) < 4.78 is 29.2. The molecule has 1 aromatic carbocycles. The third kappa shape index (κ3) is 4.50. The summed E-state index contributed by atoms with van der Waals surface area (Å²) in [5, 5.41) is 6.79. The molecule has 4 heterocycles. The third-order valence-electron chi connectivity index (χ3n) is 6.91. The van der Waals surface area contributed by atoms with Gasteiger partial charge in [-0.05, 0) is 49.4 Å². The van der Waals surface area contributed by atoms with E-state index in [1.807, 2.05) is 24.5 Å². The summed E-state index contributed by atoms with van der Waals surface area (Å²) in [6, 6.07) is 7.30. The van der Waals surface area contributed by atoms with E-state index in [1.165, 1.54) is 6.26 Å². The molecule has 0 bridgehead atoms. The lowest BCUT2D eigenvalue weighted by Crippen LogP contribution is -2.35. The van der Waals surface area contributed by atoms with Crippen LogP contribution in [0.4, 0.5) is 23.0 Å². The van der Waals surface area contributed by atoms with Gasteiger partial charge in [0.15, 0.2) is 9.84 Å². The molecule has 2 aliphatic heterocycles. The second kappa shape index (κ2) is 8.08. The Morgan fingerprint density at radius 1 is 1.17 bits per heavy atom. The largest absolute Gasteiger partial charge is 0.468 e. The number of fused-ring (bicyclic) bond motifs is 2. The van der Waals surface area contributed by atoms with E-state index in [0.29, 0.717) is 18.4 Å². The molecule has 0 radical (unpaired) electrons. The average molecular weight is 493 g/mol. The summed E-state index contributed by atoms with van der Waals surface area (Å²) in [5.74, 6) is 1.26. The van der Waals surface area contributed by atoms with Crippen LogP contribution in [0.1, 0.15) is 35.2 Å². The van der Waals surface area contributed by atoms with E-state index in [4.69, 9.17) is 9.72 Å². The van der Waals surface area contributed by atoms with Crippen molar-refractivity contribution in [1.29, 1.82) is 0 Å². The van der Waals surface area contributed by atoms with Gasteiger partial charge >= 0.3 is 0 Å². The SMILES string of the molecule is Cc1c(N2CCc3cnc(Nc4ccc(CS(C)(=O)=O)cc4)nc3C2)cnc2c1NCC1(CC1)O2. The van der Waals surface area contributed by atoms with Crippen molar-refractivity contribution in [2.45, 2.75) is 44.1 Å². The zero-order chi connectivity index (χ0) is 24.2. The van der Waals surface area contributed by atoms with Crippen LogP contribution in [-0.4, -0.2) is 48.3 Å². The second-order valence-corrected chi connectivity index (χ2v) is 12.0. The van der Waals surface area contributed by atoms with E-state index < -0.39 is 9.84 Å². The van der Waals surface area contributed by atoms with Crippen LogP contribution in [-0.2, 0) is 28.6 Å². The monoisotopic (exact) mass is 492 g/mol. The fraction of sp³-hybridized carbons (Fsp3) is 0.400. The Kier molecular flexibility index (Phi) is 5.10. The standard InChI is InChI=1S/C25H28N6O3S/c1-16-21(12-26-23-22(16)28-15-25(34-23)8-9-25)31-10-7-18-11-27-24(30-20(18)13-31)29-19-5-3-17(4-6-19)14-35(2,32)33/h3-6,11-12,28H,7-10,13-15H2,1-2H3,(H,27,29,30). The first kappa shape index (κ1) is 22.1. The highest BCUT2D eigenvalue weighted by atomic mass is 32.2. The number of pyridine rings is 1. The molecule has 35 heavy (non-hydrogen) atoms. The van der Waals surface area contributed by atoms with E-state index in [9.17, 15) is 8.42 Å². The number of rotatable bonds is 5. The van der Waals surface area contributed by atoms with Gasteiger partial charge in [-0.2, -0.15) is 0 Å². The van der Waals surface area contributed by atoms with Crippen molar-refractivity contribution in [3.05, 3.63) is 59.0 Å². The molecule has 1 aliphatic carbocycles. The average Bonchev–Trinajstić information content (AvgIpc) is 3.57. The molecule has 1 fully saturated rings. The predicted octanol–water partition coefficient (Wildman–Crippen LogP) is 3.37. The Balaban J connectivity index is 1.19. The molecule has 1 spiro atoms. The van der Waals surface area contributed by atoms with Crippen LogP contribution < -0.4 is 20.3 Å². The van der Waals surface area contributed by atoms with Gasteiger partial charge in [0, 0.05) is 30.2 Å². The first-order valence-electron chi connectivity index (χ1n) is 11.8. The van der Waals surface area contributed by atoms with Crippen molar-refractivity contribution < 1.29 is 13.2 Å². The maximum Gasteiger partial charge on any atom is 0.238 e. The summed E-state index contributed by atoms with van der Waals surface area (Å²) >= 11 is 0. The van der Waals surface area contributed by atoms with Crippen LogP contribution in [0.15, 0.2) is 36.7 Å². The lowest BCUT2D eigenvalue weighted by molar-refractivity contribution is 0.175. The summed E-state index contributed by atoms with van der Waals surface area (Å²) in [6.45, 7) is 4.50. The first-order valence-corrected chi connectivity index (χ1v) is 13.9. The van der Waals surface area contributed by atoms with Gasteiger partial charge in [0.1, 0.15) is 11.3 Å². The van der Waals surface area contributed by atoms with E-state index >= 15 is 0 Å². The summed E-state index contributed by atoms with van der Waals surface area (Å²) in [5.41, 5.74) is 6.89. The van der Waals surface area contributed by atoms with Crippen molar-refractivity contribution in [2.24, 2.45) is 0 Å². The molecule has 6 rings (SSSR count). The molecule has 9 nitrogen and oxygen atoms in total. The number of aromatic nitrogens is 3. The van der Waals surface area contributed by atoms with Gasteiger partial charge in [-0.3, -0.25) is 0 Å². The van der Waals surface area contributed by atoms with Gasteiger partial charge in [0.2, 0.25) is 11.8 Å². The number of hydrogen-bond donors (Lipinski definition) is 2. The molecule has 10 heteroatoms. The van der Waals surface area contributed by atoms with Crippen molar-refractivity contribution in [1.82, 2.24) is 15.0 Å². The fourth-order valence-corrected chi connectivity index (χ4v) is 5.57. The lowest BCUT2D eigenvalue weighted by atomic mass is 10.0. The molecular formula is C25H28N6O3S. The number of nitrogens with zero attached hydrogens (tertiary/aromatic N) is 4. The van der Waals surface area contributed by atoms with E-state index in [-0.39, 0.29) is 11.4 Å². The molecule has 182 valence electrons. The van der Waals surface area contributed by atoms with Crippen molar-refractivity contribution in [2.75, 3.05) is 34.9 Å². The smallest absolute Gasteiger partial charge is 0.238 e.